The van der Waals surface area contributed by atoms with Gasteiger partial charge < -0.3 is 10.4 Å². The Bertz CT molecular complexity index is 280. The molecule has 0 aromatic rings. The van der Waals surface area contributed by atoms with Crippen LogP contribution < -0.4 is 5.32 Å². The molecule has 0 aromatic carbocycles. The molecule has 2 aliphatic rings. The Labute approximate surface area is 125 Å². The van der Waals surface area contributed by atoms with Gasteiger partial charge in [-0.15, -0.1) is 0 Å². The van der Waals surface area contributed by atoms with Crippen molar-refractivity contribution in [2.75, 3.05) is 33.3 Å². The first-order valence-electron chi connectivity index (χ1n) is 8.68. The number of nitrogens with zero attached hydrogens (tertiary/aromatic N) is 1. The highest BCUT2D eigenvalue weighted by Crippen LogP contribution is 2.41. The van der Waals surface area contributed by atoms with Crippen LogP contribution in [0.5, 0.6) is 0 Å². The van der Waals surface area contributed by atoms with Gasteiger partial charge in [0, 0.05) is 25.7 Å². The third-order valence-electron chi connectivity index (χ3n) is 5.47. The maximum Gasteiger partial charge on any atom is 0.0431 e. The fraction of sp³-hybridized carbons (Fsp3) is 1.00. The Hall–Kier alpha value is -0.120. The predicted octanol–water partition coefficient (Wildman–Crippen LogP) is 2.64. The zero-order chi connectivity index (χ0) is 14.4. The molecule has 3 nitrogen and oxygen atoms in total. The minimum Gasteiger partial charge on any atom is -0.396 e. The van der Waals surface area contributed by atoms with Gasteiger partial charge in [-0.05, 0) is 63.5 Å². The molecule has 0 amide bonds. The standard InChI is InChI=1S/C17H34N2O/c1-15-6-3-9-17(12-15,13-18-2)14-19-10-4-7-16(19)8-5-11-20/h15-16,18,20H,3-14H2,1-2H3. The van der Waals surface area contributed by atoms with Gasteiger partial charge in [-0.2, -0.15) is 0 Å². The van der Waals surface area contributed by atoms with E-state index in [2.05, 4.69) is 24.2 Å². The zero-order valence-electron chi connectivity index (χ0n) is 13.5. The summed E-state index contributed by atoms with van der Waals surface area (Å²) in [6, 6.07) is 0.730. The van der Waals surface area contributed by atoms with Crippen molar-refractivity contribution < 1.29 is 5.11 Å². The molecule has 20 heavy (non-hydrogen) atoms. The summed E-state index contributed by atoms with van der Waals surface area (Å²) in [5.74, 6) is 0.885. The summed E-state index contributed by atoms with van der Waals surface area (Å²) < 4.78 is 0. The molecule has 0 bridgehead atoms. The van der Waals surface area contributed by atoms with Gasteiger partial charge in [-0.3, -0.25) is 4.90 Å². The molecular formula is C17H34N2O. The summed E-state index contributed by atoms with van der Waals surface area (Å²) in [5.41, 5.74) is 0.494. The number of hydrogen-bond donors (Lipinski definition) is 2. The molecule has 0 radical (unpaired) electrons. The van der Waals surface area contributed by atoms with Crippen LogP contribution in [-0.2, 0) is 0 Å². The van der Waals surface area contributed by atoms with Crippen LogP contribution in [0.3, 0.4) is 0 Å². The average molecular weight is 282 g/mol. The maximum atomic E-state index is 9.08. The summed E-state index contributed by atoms with van der Waals surface area (Å²) >= 11 is 0. The number of aliphatic hydroxyl groups is 1. The highest BCUT2D eigenvalue weighted by Gasteiger charge is 2.38. The van der Waals surface area contributed by atoms with Gasteiger partial charge in [0.25, 0.3) is 0 Å². The van der Waals surface area contributed by atoms with E-state index in [9.17, 15) is 0 Å². The summed E-state index contributed by atoms with van der Waals surface area (Å²) in [4.78, 5) is 2.74. The average Bonchev–Trinajstić information content (AvgIpc) is 2.83. The quantitative estimate of drug-likeness (QED) is 0.753. The van der Waals surface area contributed by atoms with Crippen molar-refractivity contribution >= 4 is 0 Å². The Morgan fingerprint density at radius 2 is 2.15 bits per heavy atom. The predicted molar refractivity (Wildman–Crippen MR) is 84.9 cm³/mol. The van der Waals surface area contributed by atoms with Crippen molar-refractivity contribution in [1.29, 1.82) is 0 Å². The minimum absolute atomic E-state index is 0.350. The third kappa shape index (κ3) is 4.19. The lowest BCUT2D eigenvalue weighted by atomic mass is 9.69. The van der Waals surface area contributed by atoms with Crippen LogP contribution in [-0.4, -0.2) is 49.3 Å². The second kappa shape index (κ2) is 7.77. The zero-order valence-corrected chi connectivity index (χ0v) is 13.5. The van der Waals surface area contributed by atoms with E-state index in [0.717, 1.165) is 18.4 Å². The lowest BCUT2D eigenvalue weighted by Crippen LogP contribution is -2.47. The fourth-order valence-electron chi connectivity index (χ4n) is 4.69. The van der Waals surface area contributed by atoms with Crippen LogP contribution >= 0.6 is 0 Å². The second-order valence-electron chi connectivity index (χ2n) is 7.36. The number of rotatable bonds is 7. The largest absolute Gasteiger partial charge is 0.396 e. The topological polar surface area (TPSA) is 35.5 Å². The van der Waals surface area contributed by atoms with Crippen molar-refractivity contribution in [2.45, 2.75) is 64.3 Å². The van der Waals surface area contributed by atoms with Gasteiger partial charge in [0.1, 0.15) is 0 Å². The van der Waals surface area contributed by atoms with Crippen molar-refractivity contribution in [3.05, 3.63) is 0 Å². The first-order valence-corrected chi connectivity index (χ1v) is 8.68. The molecule has 1 saturated heterocycles. The van der Waals surface area contributed by atoms with Crippen LogP contribution in [0.1, 0.15) is 58.3 Å². The molecule has 3 heteroatoms. The molecule has 1 heterocycles. The van der Waals surface area contributed by atoms with E-state index in [1.807, 2.05) is 0 Å². The number of likely N-dealkylation sites (tertiary alicyclic amines) is 1. The van der Waals surface area contributed by atoms with E-state index in [4.69, 9.17) is 5.11 Å². The molecule has 1 saturated carbocycles. The van der Waals surface area contributed by atoms with Crippen molar-refractivity contribution in [1.82, 2.24) is 10.2 Å². The monoisotopic (exact) mass is 282 g/mol. The normalized spacial score (nSPS) is 35.5. The van der Waals surface area contributed by atoms with E-state index in [1.165, 1.54) is 64.6 Å². The highest BCUT2D eigenvalue weighted by molar-refractivity contribution is 4.92. The molecule has 0 aromatic heterocycles. The summed E-state index contributed by atoms with van der Waals surface area (Å²) in [6.45, 7) is 6.49. The third-order valence-corrected chi connectivity index (χ3v) is 5.47. The SMILES string of the molecule is CNCC1(CN2CCCC2CCCO)CCCC(C)C1. The van der Waals surface area contributed by atoms with E-state index >= 15 is 0 Å². The number of nitrogens with one attached hydrogen (secondary N) is 1. The molecule has 1 aliphatic carbocycles. The van der Waals surface area contributed by atoms with Crippen LogP contribution in [0.4, 0.5) is 0 Å². The van der Waals surface area contributed by atoms with Gasteiger partial charge in [0.15, 0.2) is 0 Å². The Balaban J connectivity index is 1.96. The number of hydrogen-bond acceptors (Lipinski definition) is 3. The van der Waals surface area contributed by atoms with Gasteiger partial charge in [-0.1, -0.05) is 19.8 Å². The fourth-order valence-corrected chi connectivity index (χ4v) is 4.69. The number of aliphatic hydroxyl groups excluding tert-OH is 1. The minimum atomic E-state index is 0.350. The van der Waals surface area contributed by atoms with Crippen molar-refractivity contribution in [2.24, 2.45) is 11.3 Å². The van der Waals surface area contributed by atoms with Gasteiger partial charge in [0.05, 0.1) is 0 Å². The van der Waals surface area contributed by atoms with E-state index in [-0.39, 0.29) is 0 Å². The van der Waals surface area contributed by atoms with Crippen LogP contribution in [0.25, 0.3) is 0 Å². The van der Waals surface area contributed by atoms with E-state index in [0.29, 0.717) is 12.0 Å². The summed E-state index contributed by atoms with van der Waals surface area (Å²) in [7, 11) is 2.11. The molecule has 0 spiro atoms. The van der Waals surface area contributed by atoms with Crippen molar-refractivity contribution in [3.8, 4) is 0 Å². The van der Waals surface area contributed by atoms with Crippen LogP contribution in [0, 0.1) is 11.3 Å². The smallest absolute Gasteiger partial charge is 0.0431 e. The molecule has 3 unspecified atom stereocenters. The molecule has 1 aliphatic heterocycles. The Morgan fingerprint density at radius 1 is 1.30 bits per heavy atom. The molecule has 3 atom stereocenters. The second-order valence-corrected chi connectivity index (χ2v) is 7.36. The van der Waals surface area contributed by atoms with Crippen molar-refractivity contribution in [3.63, 3.8) is 0 Å². The lowest BCUT2D eigenvalue weighted by Gasteiger charge is -2.44. The highest BCUT2D eigenvalue weighted by atomic mass is 16.2. The Kier molecular flexibility index (Phi) is 6.31. The molecule has 2 rings (SSSR count). The summed E-state index contributed by atoms with van der Waals surface area (Å²) in [6.07, 6.45) is 10.4. The molecule has 2 fully saturated rings. The molecular weight excluding hydrogens is 248 g/mol. The molecule has 2 N–H and O–H groups in total. The van der Waals surface area contributed by atoms with E-state index in [1.54, 1.807) is 0 Å². The Morgan fingerprint density at radius 3 is 2.85 bits per heavy atom. The first-order chi connectivity index (χ1) is 9.69. The van der Waals surface area contributed by atoms with E-state index < -0.39 is 0 Å². The molecule has 118 valence electrons. The summed E-state index contributed by atoms with van der Waals surface area (Å²) in [5, 5.41) is 12.5. The van der Waals surface area contributed by atoms with Gasteiger partial charge in [-0.25, -0.2) is 0 Å². The van der Waals surface area contributed by atoms with Gasteiger partial charge >= 0.3 is 0 Å². The van der Waals surface area contributed by atoms with Crippen LogP contribution in [0.2, 0.25) is 0 Å². The van der Waals surface area contributed by atoms with Gasteiger partial charge in [0.2, 0.25) is 0 Å². The lowest BCUT2D eigenvalue weighted by molar-refractivity contribution is 0.0721. The van der Waals surface area contributed by atoms with Crippen LogP contribution in [0.15, 0.2) is 0 Å². The maximum absolute atomic E-state index is 9.08. The first kappa shape index (κ1) is 16.3.